The van der Waals surface area contributed by atoms with Gasteiger partial charge in [-0.3, -0.25) is 0 Å². The second-order valence-electron chi connectivity index (χ2n) is 0.791. The monoisotopic (exact) mass is 162 g/mol. The molecule has 0 radical (unpaired) electrons. The van der Waals surface area contributed by atoms with Gasteiger partial charge in [0.15, 0.2) is 5.29 Å². The zero-order valence-electron chi connectivity index (χ0n) is 3.17. The van der Waals surface area contributed by atoms with E-state index < -0.39 is 10.1 Å². The molecule has 0 aromatic rings. The smallest absolute Gasteiger partial charge is 0.187 e. The van der Waals surface area contributed by atoms with Gasteiger partial charge in [-0.2, -0.15) is 4.39 Å². The highest BCUT2D eigenvalue weighted by Gasteiger charge is 1.92. The SMILES string of the molecule is F/C(Cl)=C\C(Cl)Cl. The molecular formula is C3H2Cl3F. The Morgan fingerprint density at radius 1 is 1.57 bits per heavy atom. The van der Waals surface area contributed by atoms with Gasteiger partial charge in [0.25, 0.3) is 0 Å². The van der Waals surface area contributed by atoms with Crippen molar-refractivity contribution in [1.29, 1.82) is 0 Å². The van der Waals surface area contributed by atoms with Gasteiger partial charge in [0, 0.05) is 0 Å². The van der Waals surface area contributed by atoms with Crippen LogP contribution in [0.2, 0.25) is 0 Å². The van der Waals surface area contributed by atoms with Crippen LogP contribution in [0.4, 0.5) is 4.39 Å². The van der Waals surface area contributed by atoms with Crippen molar-refractivity contribution in [2.24, 2.45) is 0 Å². The minimum absolute atomic E-state index is 0.850. The van der Waals surface area contributed by atoms with Gasteiger partial charge in [-0.1, -0.05) is 11.6 Å². The lowest BCUT2D eigenvalue weighted by atomic mass is 10.7. The molecule has 4 heteroatoms. The Morgan fingerprint density at radius 3 is 2.00 bits per heavy atom. The highest BCUT2D eigenvalue weighted by atomic mass is 35.5. The molecule has 0 saturated heterocycles. The van der Waals surface area contributed by atoms with E-state index in [-0.39, 0.29) is 0 Å². The zero-order valence-corrected chi connectivity index (χ0v) is 5.43. The number of halogens is 4. The van der Waals surface area contributed by atoms with Crippen molar-refractivity contribution in [2.45, 2.75) is 4.84 Å². The van der Waals surface area contributed by atoms with Crippen molar-refractivity contribution in [2.75, 3.05) is 0 Å². The van der Waals surface area contributed by atoms with Crippen LogP contribution in [0.15, 0.2) is 11.4 Å². The summed E-state index contributed by atoms with van der Waals surface area (Å²) >= 11 is 14.8. The molecule has 0 aliphatic heterocycles. The Balaban J connectivity index is 3.45. The van der Waals surface area contributed by atoms with Crippen molar-refractivity contribution in [3.05, 3.63) is 11.4 Å². The third-order valence-corrected chi connectivity index (χ3v) is 0.630. The summed E-state index contributed by atoms with van der Waals surface area (Å²) in [6, 6.07) is 0. The third-order valence-electron chi connectivity index (χ3n) is 0.252. The lowest BCUT2D eigenvalue weighted by molar-refractivity contribution is 0.692. The minimum atomic E-state index is -0.880. The fourth-order valence-corrected chi connectivity index (χ4v) is 0.571. The molecule has 0 N–H and O–H groups in total. The Labute approximate surface area is 55.9 Å². The molecule has 0 aromatic heterocycles. The van der Waals surface area contributed by atoms with E-state index >= 15 is 0 Å². The maximum Gasteiger partial charge on any atom is 0.187 e. The largest absolute Gasteiger partial charge is 0.194 e. The highest BCUT2D eigenvalue weighted by molar-refractivity contribution is 6.46. The van der Waals surface area contributed by atoms with Gasteiger partial charge in [0.1, 0.15) is 4.84 Å². The van der Waals surface area contributed by atoms with Crippen molar-refractivity contribution in [3.8, 4) is 0 Å². The van der Waals surface area contributed by atoms with Gasteiger partial charge in [-0.05, 0) is 6.08 Å². The van der Waals surface area contributed by atoms with E-state index in [0.29, 0.717) is 0 Å². The van der Waals surface area contributed by atoms with Crippen LogP contribution in [0, 0.1) is 0 Å². The zero-order chi connectivity index (χ0) is 5.86. The van der Waals surface area contributed by atoms with Gasteiger partial charge < -0.3 is 0 Å². The number of rotatable bonds is 1. The molecule has 0 amide bonds. The molecule has 0 saturated carbocycles. The first kappa shape index (κ1) is 7.54. The molecule has 0 unspecified atom stereocenters. The predicted molar refractivity (Wildman–Crippen MR) is 30.5 cm³/mol. The van der Waals surface area contributed by atoms with Crippen molar-refractivity contribution < 1.29 is 4.39 Å². The summed E-state index contributed by atoms with van der Waals surface area (Å²) < 4.78 is 11.4. The van der Waals surface area contributed by atoms with Crippen molar-refractivity contribution >= 4 is 34.8 Å². The van der Waals surface area contributed by atoms with E-state index in [1.807, 2.05) is 0 Å². The second kappa shape index (κ2) is 3.53. The molecule has 42 valence electrons. The number of allylic oxidation sites excluding steroid dienone is 1. The fourth-order valence-electron chi connectivity index (χ4n) is 0.0952. The summed E-state index contributed by atoms with van der Waals surface area (Å²) in [6.07, 6.45) is 0.880. The van der Waals surface area contributed by atoms with Gasteiger partial charge in [-0.15, -0.1) is 23.2 Å². The maximum absolute atomic E-state index is 11.4. The Morgan fingerprint density at radius 2 is 2.00 bits per heavy atom. The van der Waals surface area contributed by atoms with E-state index in [2.05, 4.69) is 0 Å². The molecule has 7 heavy (non-hydrogen) atoms. The van der Waals surface area contributed by atoms with Gasteiger partial charge >= 0.3 is 0 Å². The van der Waals surface area contributed by atoms with Gasteiger partial charge in [-0.25, -0.2) is 0 Å². The first-order valence-electron chi connectivity index (χ1n) is 1.44. The van der Waals surface area contributed by atoms with Crippen LogP contribution in [-0.2, 0) is 0 Å². The molecule has 0 nitrogen and oxygen atoms in total. The van der Waals surface area contributed by atoms with Crippen LogP contribution in [0.25, 0.3) is 0 Å². The maximum atomic E-state index is 11.4. The molecule has 0 heterocycles. The number of alkyl halides is 2. The molecule has 0 fully saturated rings. The molecule has 0 bridgehead atoms. The molecule has 0 spiro atoms. The molecule has 0 aromatic carbocycles. The van der Waals surface area contributed by atoms with Crippen LogP contribution in [0.5, 0.6) is 0 Å². The van der Waals surface area contributed by atoms with Gasteiger partial charge in [0.05, 0.1) is 0 Å². The third kappa shape index (κ3) is 6.54. The molecule has 0 aliphatic carbocycles. The second-order valence-corrected chi connectivity index (χ2v) is 2.32. The minimum Gasteiger partial charge on any atom is -0.194 e. The van der Waals surface area contributed by atoms with Crippen LogP contribution in [0.1, 0.15) is 0 Å². The molecule has 0 rings (SSSR count). The standard InChI is InChI=1S/C3H2Cl3F/c4-2(5)1-3(6)7/h1-2H/b3-1-. The lowest BCUT2D eigenvalue weighted by Crippen LogP contribution is -1.74. The topological polar surface area (TPSA) is 0 Å². The summed E-state index contributed by atoms with van der Waals surface area (Å²) in [6.45, 7) is 0. The average molecular weight is 163 g/mol. The Kier molecular flexibility index (Phi) is 3.80. The molecular weight excluding hydrogens is 161 g/mol. The Bertz CT molecular complexity index is 74.2. The van der Waals surface area contributed by atoms with Crippen molar-refractivity contribution in [3.63, 3.8) is 0 Å². The highest BCUT2D eigenvalue weighted by Crippen LogP contribution is 2.10. The van der Waals surface area contributed by atoms with Crippen molar-refractivity contribution in [1.82, 2.24) is 0 Å². The van der Waals surface area contributed by atoms with E-state index in [4.69, 9.17) is 34.8 Å². The summed E-state index contributed by atoms with van der Waals surface area (Å²) in [7, 11) is 0. The van der Waals surface area contributed by atoms with E-state index in [0.717, 1.165) is 6.08 Å². The van der Waals surface area contributed by atoms with Crippen LogP contribution in [-0.4, -0.2) is 4.84 Å². The molecule has 0 aliphatic rings. The lowest BCUT2D eigenvalue weighted by Gasteiger charge is -1.83. The van der Waals surface area contributed by atoms with Crippen LogP contribution >= 0.6 is 34.8 Å². The number of hydrogen-bond donors (Lipinski definition) is 0. The van der Waals surface area contributed by atoms with E-state index in [1.54, 1.807) is 0 Å². The van der Waals surface area contributed by atoms with E-state index in [1.165, 1.54) is 0 Å². The summed E-state index contributed by atoms with van der Waals surface area (Å²) in [4.78, 5) is -0.850. The van der Waals surface area contributed by atoms with Crippen LogP contribution < -0.4 is 0 Å². The first-order valence-corrected chi connectivity index (χ1v) is 2.69. The quantitative estimate of drug-likeness (QED) is 0.522. The first-order chi connectivity index (χ1) is 3.13. The fraction of sp³-hybridized carbons (Fsp3) is 0.333. The number of hydrogen-bond acceptors (Lipinski definition) is 0. The average Bonchev–Trinajstić information content (AvgIpc) is 1.27. The van der Waals surface area contributed by atoms with E-state index in [9.17, 15) is 4.39 Å². The summed E-state index contributed by atoms with van der Waals surface area (Å²) in [5.74, 6) is 0. The summed E-state index contributed by atoms with van der Waals surface area (Å²) in [5.41, 5.74) is 0. The predicted octanol–water partition coefficient (Wildman–Crippen LogP) is 2.84. The van der Waals surface area contributed by atoms with Crippen LogP contribution in [0.3, 0.4) is 0 Å². The molecule has 0 atom stereocenters. The Hall–Kier alpha value is 0.540. The van der Waals surface area contributed by atoms with Gasteiger partial charge in [0.2, 0.25) is 0 Å². The summed E-state index contributed by atoms with van der Waals surface area (Å²) in [5, 5.41) is -0.880. The normalized spacial score (nSPS) is 13.0.